The highest BCUT2D eigenvalue weighted by atomic mass is 15.1. The largest absolute Gasteiger partial charge is 0.306 e. The summed E-state index contributed by atoms with van der Waals surface area (Å²) in [7, 11) is 2.27. The molecule has 1 aromatic carbocycles. The minimum absolute atomic E-state index is 0.809. The molecule has 1 aromatic rings. The molecule has 86 valence electrons. The predicted molar refractivity (Wildman–Crippen MR) is 67.8 cm³/mol. The van der Waals surface area contributed by atoms with Gasteiger partial charge in [-0.05, 0) is 55.3 Å². The van der Waals surface area contributed by atoms with E-state index in [1.54, 1.807) is 11.1 Å². The van der Waals surface area contributed by atoms with E-state index in [1.165, 1.54) is 25.9 Å². The predicted octanol–water partition coefficient (Wildman–Crippen LogP) is 3.23. The average Bonchev–Trinajstić information content (AvgIpc) is 2.61. The van der Waals surface area contributed by atoms with Gasteiger partial charge in [0, 0.05) is 6.54 Å². The zero-order valence-electron chi connectivity index (χ0n) is 10.3. The highest BCUT2D eigenvalue weighted by Gasteiger charge is 2.41. The van der Waals surface area contributed by atoms with Crippen molar-refractivity contribution >= 4 is 0 Å². The molecule has 2 aliphatic rings. The Hall–Kier alpha value is -0.820. The average molecular weight is 215 g/mol. The highest BCUT2D eigenvalue weighted by molar-refractivity contribution is 5.40. The quantitative estimate of drug-likeness (QED) is 0.695. The van der Waals surface area contributed by atoms with Crippen LogP contribution in [0.15, 0.2) is 24.3 Å². The Bertz CT molecular complexity index is 360. The van der Waals surface area contributed by atoms with Gasteiger partial charge in [-0.2, -0.15) is 0 Å². The van der Waals surface area contributed by atoms with E-state index in [1.807, 2.05) is 0 Å². The number of rotatable bonds is 1. The molecule has 1 fully saturated rings. The van der Waals surface area contributed by atoms with Crippen LogP contribution in [-0.4, -0.2) is 25.0 Å². The molecule has 3 unspecified atom stereocenters. The van der Waals surface area contributed by atoms with Crippen LogP contribution in [0.5, 0.6) is 0 Å². The summed E-state index contributed by atoms with van der Waals surface area (Å²) in [4.78, 5) is 2.51. The molecule has 1 saturated heterocycles. The molecule has 0 radical (unpaired) electrons. The molecule has 0 aromatic heterocycles. The van der Waals surface area contributed by atoms with Crippen LogP contribution in [0.1, 0.15) is 42.7 Å². The van der Waals surface area contributed by atoms with Gasteiger partial charge in [0.1, 0.15) is 0 Å². The van der Waals surface area contributed by atoms with Gasteiger partial charge in [-0.15, -0.1) is 0 Å². The molecular formula is C15H21N. The summed E-state index contributed by atoms with van der Waals surface area (Å²) in [6.45, 7) is 4.90. The molecule has 16 heavy (non-hydrogen) atoms. The van der Waals surface area contributed by atoms with Crippen LogP contribution in [0.25, 0.3) is 0 Å². The fraction of sp³-hybridized carbons (Fsp3) is 0.600. The normalized spacial score (nSPS) is 33.5. The maximum Gasteiger partial charge on any atom is 0.00183 e. The molecule has 0 bridgehead atoms. The van der Waals surface area contributed by atoms with E-state index >= 15 is 0 Å². The molecule has 0 N–H and O–H groups in total. The van der Waals surface area contributed by atoms with Gasteiger partial charge in [0.2, 0.25) is 0 Å². The van der Waals surface area contributed by atoms with Gasteiger partial charge in [-0.25, -0.2) is 0 Å². The molecule has 0 saturated carbocycles. The zero-order chi connectivity index (χ0) is 11.1. The Morgan fingerprint density at radius 1 is 1.25 bits per heavy atom. The van der Waals surface area contributed by atoms with Crippen molar-refractivity contribution in [3.8, 4) is 0 Å². The number of likely N-dealkylation sites (tertiary alicyclic amines) is 1. The van der Waals surface area contributed by atoms with Crippen molar-refractivity contribution in [1.29, 1.82) is 0 Å². The first-order valence-electron chi connectivity index (χ1n) is 6.58. The Labute approximate surface area is 98.5 Å². The lowest BCUT2D eigenvalue weighted by atomic mass is 9.81. The number of fused-ring (bicyclic) bond motifs is 3. The Balaban J connectivity index is 2.01. The summed E-state index contributed by atoms with van der Waals surface area (Å²) >= 11 is 0. The van der Waals surface area contributed by atoms with Gasteiger partial charge in [-0.3, -0.25) is 0 Å². The lowest BCUT2D eigenvalue weighted by Gasteiger charge is -2.35. The Kier molecular flexibility index (Phi) is 2.51. The molecule has 0 amide bonds. The third-order valence-corrected chi connectivity index (χ3v) is 4.61. The summed E-state index contributed by atoms with van der Waals surface area (Å²) < 4.78 is 0. The monoisotopic (exact) mass is 215 g/mol. The first-order valence-corrected chi connectivity index (χ1v) is 6.58. The third kappa shape index (κ3) is 1.41. The molecular weight excluding hydrogens is 194 g/mol. The van der Waals surface area contributed by atoms with Crippen LogP contribution in [0, 0.1) is 5.92 Å². The van der Waals surface area contributed by atoms with Crippen LogP contribution in [0.2, 0.25) is 0 Å². The van der Waals surface area contributed by atoms with E-state index in [-0.39, 0.29) is 0 Å². The number of benzene rings is 1. The minimum Gasteiger partial charge on any atom is -0.306 e. The SMILES string of the molecule is CCC1c2ccccc2C2CCN(C)CC12. The number of nitrogens with zero attached hydrogens (tertiary/aromatic N) is 1. The molecule has 1 heteroatoms. The van der Waals surface area contributed by atoms with Gasteiger partial charge >= 0.3 is 0 Å². The lowest BCUT2D eigenvalue weighted by molar-refractivity contribution is 0.174. The van der Waals surface area contributed by atoms with Crippen molar-refractivity contribution in [2.75, 3.05) is 20.1 Å². The summed E-state index contributed by atoms with van der Waals surface area (Å²) in [5, 5.41) is 0. The van der Waals surface area contributed by atoms with E-state index in [2.05, 4.69) is 43.1 Å². The Morgan fingerprint density at radius 2 is 2.00 bits per heavy atom. The summed E-state index contributed by atoms with van der Waals surface area (Å²) in [5.41, 5.74) is 3.31. The van der Waals surface area contributed by atoms with Crippen molar-refractivity contribution in [3.63, 3.8) is 0 Å². The van der Waals surface area contributed by atoms with E-state index in [0.29, 0.717) is 0 Å². The molecule has 0 spiro atoms. The number of hydrogen-bond donors (Lipinski definition) is 0. The van der Waals surface area contributed by atoms with Crippen molar-refractivity contribution in [2.24, 2.45) is 5.92 Å². The van der Waals surface area contributed by atoms with E-state index in [9.17, 15) is 0 Å². The molecule has 1 aliphatic heterocycles. The highest BCUT2D eigenvalue weighted by Crippen LogP contribution is 2.51. The Morgan fingerprint density at radius 3 is 2.75 bits per heavy atom. The summed E-state index contributed by atoms with van der Waals surface area (Å²) in [5.74, 6) is 2.53. The van der Waals surface area contributed by atoms with Crippen LogP contribution in [-0.2, 0) is 0 Å². The van der Waals surface area contributed by atoms with Crippen LogP contribution in [0.4, 0.5) is 0 Å². The fourth-order valence-corrected chi connectivity index (χ4v) is 3.89. The topological polar surface area (TPSA) is 3.24 Å². The lowest BCUT2D eigenvalue weighted by Crippen LogP contribution is -2.36. The van der Waals surface area contributed by atoms with Crippen molar-refractivity contribution in [3.05, 3.63) is 35.4 Å². The second-order valence-corrected chi connectivity index (χ2v) is 5.46. The first-order chi connectivity index (χ1) is 7.81. The maximum atomic E-state index is 2.51. The van der Waals surface area contributed by atoms with Crippen LogP contribution in [0.3, 0.4) is 0 Å². The first kappa shape index (κ1) is 10.3. The van der Waals surface area contributed by atoms with Crippen molar-refractivity contribution < 1.29 is 0 Å². The van der Waals surface area contributed by atoms with Gasteiger partial charge in [0.25, 0.3) is 0 Å². The van der Waals surface area contributed by atoms with Gasteiger partial charge in [-0.1, -0.05) is 31.2 Å². The molecule has 1 aliphatic carbocycles. The van der Waals surface area contributed by atoms with E-state index in [0.717, 1.165) is 17.8 Å². The zero-order valence-corrected chi connectivity index (χ0v) is 10.3. The summed E-state index contributed by atoms with van der Waals surface area (Å²) in [6.07, 6.45) is 2.65. The van der Waals surface area contributed by atoms with E-state index < -0.39 is 0 Å². The molecule has 1 nitrogen and oxygen atoms in total. The number of hydrogen-bond acceptors (Lipinski definition) is 1. The van der Waals surface area contributed by atoms with E-state index in [4.69, 9.17) is 0 Å². The third-order valence-electron chi connectivity index (χ3n) is 4.61. The fourth-order valence-electron chi connectivity index (χ4n) is 3.89. The van der Waals surface area contributed by atoms with Crippen molar-refractivity contribution in [2.45, 2.75) is 31.6 Å². The maximum absolute atomic E-state index is 2.51. The van der Waals surface area contributed by atoms with Gasteiger partial charge < -0.3 is 4.90 Å². The van der Waals surface area contributed by atoms with Crippen molar-refractivity contribution in [1.82, 2.24) is 4.90 Å². The second-order valence-electron chi connectivity index (χ2n) is 5.46. The minimum atomic E-state index is 0.809. The molecule has 3 atom stereocenters. The summed E-state index contributed by atoms with van der Waals surface area (Å²) in [6, 6.07) is 9.16. The van der Waals surface area contributed by atoms with Crippen LogP contribution < -0.4 is 0 Å². The van der Waals surface area contributed by atoms with Gasteiger partial charge in [0.05, 0.1) is 0 Å². The van der Waals surface area contributed by atoms with Crippen LogP contribution >= 0.6 is 0 Å². The van der Waals surface area contributed by atoms with Gasteiger partial charge in [0.15, 0.2) is 0 Å². The smallest absolute Gasteiger partial charge is 0.00183 e. The standard InChI is InChI=1S/C15H21N/c1-3-11-12-6-4-5-7-13(12)14-8-9-16(2)10-15(11)14/h4-7,11,14-15H,3,8-10H2,1-2H3. The molecule has 3 rings (SSSR count). The molecule has 1 heterocycles. The second kappa shape index (κ2) is 3.89. The number of piperidine rings is 1.